The van der Waals surface area contributed by atoms with Crippen LogP contribution in [0, 0.1) is 20.8 Å². The molecule has 0 aliphatic carbocycles. The summed E-state index contributed by atoms with van der Waals surface area (Å²) in [7, 11) is 0. The Hall–Kier alpha value is -1.02. The highest BCUT2D eigenvalue weighted by Crippen LogP contribution is 2.24. The fourth-order valence-corrected chi connectivity index (χ4v) is 1.88. The smallest absolute Gasteiger partial charge is 0.123 e. The van der Waals surface area contributed by atoms with E-state index in [4.69, 9.17) is 4.74 Å². The fourth-order valence-electron chi connectivity index (χ4n) is 1.88. The number of hydrogen-bond acceptors (Lipinski definition) is 2. The summed E-state index contributed by atoms with van der Waals surface area (Å²) in [6.45, 7) is 12.6. The van der Waals surface area contributed by atoms with Crippen molar-refractivity contribution in [2.75, 3.05) is 13.1 Å². The second kappa shape index (κ2) is 6.65. The van der Waals surface area contributed by atoms with Crippen LogP contribution in [0.25, 0.3) is 0 Å². The maximum atomic E-state index is 6.10. The van der Waals surface area contributed by atoms with E-state index in [0.29, 0.717) is 0 Å². The van der Waals surface area contributed by atoms with E-state index in [1.54, 1.807) is 0 Å². The number of benzene rings is 1. The van der Waals surface area contributed by atoms with Gasteiger partial charge in [0.15, 0.2) is 0 Å². The van der Waals surface area contributed by atoms with Crippen molar-refractivity contribution >= 4 is 0 Å². The Morgan fingerprint density at radius 3 is 2.47 bits per heavy atom. The van der Waals surface area contributed by atoms with Crippen LogP contribution in [0.1, 0.15) is 37.0 Å². The first-order chi connectivity index (χ1) is 8.08. The van der Waals surface area contributed by atoms with Gasteiger partial charge in [-0.25, -0.2) is 0 Å². The predicted octanol–water partition coefficient (Wildman–Crippen LogP) is 3.38. The zero-order valence-corrected chi connectivity index (χ0v) is 11.8. The van der Waals surface area contributed by atoms with Crippen molar-refractivity contribution in [1.82, 2.24) is 5.32 Å². The van der Waals surface area contributed by atoms with Crippen molar-refractivity contribution in [3.63, 3.8) is 0 Å². The van der Waals surface area contributed by atoms with E-state index in [9.17, 15) is 0 Å². The first-order valence-electron chi connectivity index (χ1n) is 6.53. The summed E-state index contributed by atoms with van der Waals surface area (Å²) in [6.07, 6.45) is 1.29. The average Bonchev–Trinajstić information content (AvgIpc) is 2.30. The van der Waals surface area contributed by atoms with E-state index >= 15 is 0 Å². The summed E-state index contributed by atoms with van der Waals surface area (Å²) in [5.41, 5.74) is 3.82. The maximum absolute atomic E-state index is 6.10. The van der Waals surface area contributed by atoms with Gasteiger partial charge in [-0.05, 0) is 56.5 Å². The Bertz CT molecular complexity index is 360. The Morgan fingerprint density at radius 2 is 1.88 bits per heavy atom. The molecule has 1 unspecified atom stereocenters. The standard InChI is InChI=1S/C15H25NO/c1-6-14(10-16-7-2)17-15-9-11(3)8-12(4)13(15)5/h8-9,14,16H,6-7,10H2,1-5H3. The van der Waals surface area contributed by atoms with E-state index < -0.39 is 0 Å². The van der Waals surface area contributed by atoms with E-state index in [1.165, 1.54) is 16.7 Å². The molecule has 1 aromatic rings. The number of nitrogens with one attached hydrogen (secondary N) is 1. The highest BCUT2D eigenvalue weighted by atomic mass is 16.5. The molecule has 0 saturated heterocycles. The lowest BCUT2D eigenvalue weighted by Crippen LogP contribution is -2.31. The average molecular weight is 235 g/mol. The molecule has 0 bridgehead atoms. The fraction of sp³-hybridized carbons (Fsp3) is 0.600. The molecule has 1 atom stereocenters. The van der Waals surface area contributed by atoms with Gasteiger partial charge in [-0.1, -0.05) is 19.9 Å². The van der Waals surface area contributed by atoms with E-state index in [1.807, 2.05) is 0 Å². The number of hydrogen-bond donors (Lipinski definition) is 1. The van der Waals surface area contributed by atoms with Crippen LogP contribution >= 0.6 is 0 Å². The molecule has 1 N–H and O–H groups in total. The first kappa shape index (κ1) is 14.0. The molecule has 0 fully saturated rings. The first-order valence-corrected chi connectivity index (χ1v) is 6.53. The van der Waals surface area contributed by atoms with Crippen molar-refractivity contribution in [3.8, 4) is 5.75 Å². The van der Waals surface area contributed by atoms with Crippen LogP contribution in [0.15, 0.2) is 12.1 Å². The van der Waals surface area contributed by atoms with E-state index in [0.717, 1.165) is 25.3 Å². The van der Waals surface area contributed by atoms with Crippen LogP contribution in [0.4, 0.5) is 0 Å². The summed E-state index contributed by atoms with van der Waals surface area (Å²) >= 11 is 0. The second-order valence-corrected chi connectivity index (χ2v) is 4.66. The van der Waals surface area contributed by atoms with Crippen LogP contribution in [0.2, 0.25) is 0 Å². The minimum absolute atomic E-state index is 0.259. The molecule has 0 heterocycles. The van der Waals surface area contributed by atoms with Gasteiger partial charge < -0.3 is 10.1 Å². The van der Waals surface area contributed by atoms with Crippen molar-refractivity contribution in [2.45, 2.75) is 47.1 Å². The minimum atomic E-state index is 0.259. The second-order valence-electron chi connectivity index (χ2n) is 4.66. The third kappa shape index (κ3) is 4.04. The number of aryl methyl sites for hydroxylation is 2. The van der Waals surface area contributed by atoms with Crippen molar-refractivity contribution in [2.24, 2.45) is 0 Å². The molecule has 17 heavy (non-hydrogen) atoms. The van der Waals surface area contributed by atoms with Gasteiger partial charge in [-0.15, -0.1) is 0 Å². The Kier molecular flexibility index (Phi) is 5.49. The summed E-state index contributed by atoms with van der Waals surface area (Å²) in [5, 5.41) is 3.34. The van der Waals surface area contributed by atoms with Crippen LogP contribution in [0.3, 0.4) is 0 Å². The number of ether oxygens (including phenoxy) is 1. The van der Waals surface area contributed by atoms with Gasteiger partial charge >= 0.3 is 0 Å². The summed E-state index contributed by atoms with van der Waals surface area (Å²) in [6, 6.07) is 4.34. The monoisotopic (exact) mass is 235 g/mol. The van der Waals surface area contributed by atoms with Gasteiger partial charge in [0.25, 0.3) is 0 Å². The van der Waals surface area contributed by atoms with Crippen LogP contribution < -0.4 is 10.1 Å². The Balaban J connectivity index is 2.78. The predicted molar refractivity (Wildman–Crippen MR) is 73.9 cm³/mol. The highest BCUT2D eigenvalue weighted by molar-refractivity contribution is 5.42. The highest BCUT2D eigenvalue weighted by Gasteiger charge is 2.10. The molecular weight excluding hydrogens is 210 g/mol. The minimum Gasteiger partial charge on any atom is -0.489 e. The molecule has 0 aliphatic heterocycles. The summed E-state index contributed by atoms with van der Waals surface area (Å²) < 4.78 is 6.10. The van der Waals surface area contributed by atoms with Gasteiger partial charge in [-0.2, -0.15) is 0 Å². The molecule has 0 radical (unpaired) electrons. The van der Waals surface area contributed by atoms with Gasteiger partial charge in [-0.3, -0.25) is 0 Å². The SMILES string of the molecule is CCNCC(CC)Oc1cc(C)cc(C)c1C. The van der Waals surface area contributed by atoms with Crippen molar-refractivity contribution in [1.29, 1.82) is 0 Å². The molecule has 0 aliphatic rings. The summed E-state index contributed by atoms with van der Waals surface area (Å²) in [5.74, 6) is 1.03. The molecule has 0 saturated carbocycles. The van der Waals surface area contributed by atoms with Crippen molar-refractivity contribution < 1.29 is 4.74 Å². The molecule has 1 rings (SSSR count). The molecule has 2 heteroatoms. The van der Waals surface area contributed by atoms with Crippen molar-refractivity contribution in [3.05, 3.63) is 28.8 Å². The molecule has 0 spiro atoms. The van der Waals surface area contributed by atoms with Gasteiger partial charge in [0.05, 0.1) is 0 Å². The lowest BCUT2D eigenvalue weighted by Gasteiger charge is -2.20. The molecule has 0 amide bonds. The quantitative estimate of drug-likeness (QED) is 0.816. The number of rotatable bonds is 6. The molecular formula is C15H25NO. The van der Waals surface area contributed by atoms with Crippen LogP contribution in [-0.4, -0.2) is 19.2 Å². The third-order valence-corrected chi connectivity index (χ3v) is 3.14. The van der Waals surface area contributed by atoms with E-state index in [-0.39, 0.29) is 6.10 Å². The molecule has 1 aromatic carbocycles. The normalized spacial score (nSPS) is 12.5. The molecule has 96 valence electrons. The molecule has 2 nitrogen and oxygen atoms in total. The molecule has 0 aromatic heterocycles. The summed E-state index contributed by atoms with van der Waals surface area (Å²) in [4.78, 5) is 0. The Labute approximate surface area is 105 Å². The zero-order valence-electron chi connectivity index (χ0n) is 11.8. The lowest BCUT2D eigenvalue weighted by atomic mass is 10.1. The largest absolute Gasteiger partial charge is 0.489 e. The topological polar surface area (TPSA) is 21.3 Å². The zero-order chi connectivity index (χ0) is 12.8. The van der Waals surface area contributed by atoms with E-state index in [2.05, 4.69) is 52.1 Å². The number of likely N-dealkylation sites (N-methyl/N-ethyl adjacent to an activating group) is 1. The third-order valence-electron chi connectivity index (χ3n) is 3.14. The lowest BCUT2D eigenvalue weighted by molar-refractivity contribution is 0.193. The van der Waals surface area contributed by atoms with Crippen LogP contribution in [0.5, 0.6) is 5.75 Å². The van der Waals surface area contributed by atoms with Gasteiger partial charge in [0.2, 0.25) is 0 Å². The Morgan fingerprint density at radius 1 is 1.18 bits per heavy atom. The van der Waals surface area contributed by atoms with Crippen LogP contribution in [-0.2, 0) is 0 Å². The maximum Gasteiger partial charge on any atom is 0.123 e. The van der Waals surface area contributed by atoms with Gasteiger partial charge in [0, 0.05) is 6.54 Å². The van der Waals surface area contributed by atoms with Gasteiger partial charge in [0.1, 0.15) is 11.9 Å².